The van der Waals surface area contributed by atoms with Gasteiger partial charge in [-0.2, -0.15) is 0 Å². The highest BCUT2D eigenvalue weighted by molar-refractivity contribution is 7.99. The molecule has 27 heavy (non-hydrogen) atoms. The summed E-state index contributed by atoms with van der Waals surface area (Å²) in [6, 6.07) is 7.42. The molecule has 0 bridgehead atoms. The highest BCUT2D eigenvalue weighted by atomic mass is 35.5. The van der Waals surface area contributed by atoms with E-state index in [0.29, 0.717) is 42.0 Å². The Morgan fingerprint density at radius 1 is 1.26 bits per heavy atom. The van der Waals surface area contributed by atoms with Crippen molar-refractivity contribution in [2.75, 3.05) is 37.0 Å². The lowest BCUT2D eigenvalue weighted by atomic mass is 10.2. The molecule has 3 rings (SSSR count). The Bertz CT molecular complexity index is 795. The van der Waals surface area contributed by atoms with Crippen molar-refractivity contribution in [2.45, 2.75) is 25.4 Å². The molecule has 0 radical (unpaired) electrons. The zero-order chi connectivity index (χ0) is 19.2. The van der Waals surface area contributed by atoms with E-state index in [4.69, 9.17) is 16.3 Å². The van der Waals surface area contributed by atoms with Gasteiger partial charge in [-0.1, -0.05) is 30.7 Å². The Kier molecular flexibility index (Phi) is 6.93. The number of aromatic nitrogens is 2. The lowest BCUT2D eigenvalue weighted by Gasteiger charge is -2.27. The summed E-state index contributed by atoms with van der Waals surface area (Å²) in [6.07, 6.45) is 0. The van der Waals surface area contributed by atoms with Gasteiger partial charge in [-0.25, -0.2) is 9.97 Å². The molecule has 8 heteroatoms. The summed E-state index contributed by atoms with van der Waals surface area (Å²) >= 11 is 7.47. The standard InChI is InChI=1S/C19H23ClN4O2S/c1-3-27-18-16(17(25)21-12-14-4-6-15(20)7-5-14)13(2)22-19(23-18)24-8-10-26-11-9-24/h4-7H,3,8-12H2,1-2H3,(H,21,25). The van der Waals surface area contributed by atoms with Crippen LogP contribution in [0.5, 0.6) is 0 Å². The van der Waals surface area contributed by atoms with Crippen LogP contribution in [0.4, 0.5) is 5.95 Å². The van der Waals surface area contributed by atoms with Crippen LogP contribution in [0.2, 0.25) is 5.02 Å². The topological polar surface area (TPSA) is 67.3 Å². The van der Waals surface area contributed by atoms with Crippen molar-refractivity contribution in [1.29, 1.82) is 0 Å². The Hall–Kier alpha value is -1.83. The van der Waals surface area contributed by atoms with Crippen LogP contribution < -0.4 is 10.2 Å². The maximum atomic E-state index is 12.8. The molecular formula is C19H23ClN4O2S. The van der Waals surface area contributed by atoms with Crippen LogP contribution in [0.3, 0.4) is 0 Å². The molecule has 2 heterocycles. The predicted octanol–water partition coefficient (Wildman–Crippen LogP) is 3.32. The van der Waals surface area contributed by atoms with Gasteiger partial charge in [0.15, 0.2) is 0 Å². The van der Waals surface area contributed by atoms with Gasteiger partial charge in [-0.15, -0.1) is 11.8 Å². The molecule has 1 aliphatic heterocycles. The van der Waals surface area contributed by atoms with Crippen molar-refractivity contribution in [3.63, 3.8) is 0 Å². The molecule has 1 aliphatic rings. The van der Waals surface area contributed by atoms with E-state index < -0.39 is 0 Å². The van der Waals surface area contributed by atoms with Crippen LogP contribution in [0.15, 0.2) is 29.3 Å². The Morgan fingerprint density at radius 3 is 2.63 bits per heavy atom. The van der Waals surface area contributed by atoms with Crippen molar-refractivity contribution in [3.8, 4) is 0 Å². The van der Waals surface area contributed by atoms with Crippen LogP contribution in [0, 0.1) is 6.92 Å². The van der Waals surface area contributed by atoms with Gasteiger partial charge in [0, 0.05) is 24.7 Å². The molecule has 0 atom stereocenters. The van der Waals surface area contributed by atoms with E-state index in [-0.39, 0.29) is 5.91 Å². The third-order valence-corrected chi connectivity index (χ3v) is 5.32. The number of ether oxygens (including phenoxy) is 1. The molecule has 0 unspecified atom stereocenters. The fourth-order valence-electron chi connectivity index (χ4n) is 2.81. The molecule has 1 aromatic carbocycles. The number of carbonyl (C=O) groups is 1. The first kappa shape index (κ1) is 19.9. The summed E-state index contributed by atoms with van der Waals surface area (Å²) in [7, 11) is 0. The van der Waals surface area contributed by atoms with E-state index in [0.717, 1.165) is 29.4 Å². The number of halogens is 1. The summed E-state index contributed by atoms with van der Waals surface area (Å²) in [6.45, 7) is 7.20. The van der Waals surface area contributed by atoms with Crippen molar-refractivity contribution >= 4 is 35.2 Å². The fourth-order valence-corrected chi connectivity index (χ4v) is 3.74. The van der Waals surface area contributed by atoms with Gasteiger partial charge in [-0.3, -0.25) is 4.79 Å². The summed E-state index contributed by atoms with van der Waals surface area (Å²) < 4.78 is 5.40. The number of anilines is 1. The Morgan fingerprint density at radius 2 is 1.96 bits per heavy atom. The second-order valence-electron chi connectivity index (χ2n) is 6.13. The molecule has 6 nitrogen and oxygen atoms in total. The van der Waals surface area contributed by atoms with E-state index in [1.807, 2.05) is 38.1 Å². The first-order chi connectivity index (χ1) is 13.1. The average Bonchev–Trinajstić information content (AvgIpc) is 2.68. The quantitative estimate of drug-likeness (QED) is 0.586. The van der Waals surface area contributed by atoms with Gasteiger partial charge in [0.2, 0.25) is 5.95 Å². The maximum absolute atomic E-state index is 12.8. The number of amides is 1. The smallest absolute Gasteiger partial charge is 0.256 e. The molecule has 0 spiro atoms. The first-order valence-corrected chi connectivity index (χ1v) is 10.3. The highest BCUT2D eigenvalue weighted by Gasteiger charge is 2.22. The molecule has 2 aromatic rings. The van der Waals surface area contributed by atoms with Gasteiger partial charge in [0.1, 0.15) is 5.03 Å². The second kappa shape index (κ2) is 9.39. The zero-order valence-electron chi connectivity index (χ0n) is 15.5. The minimum Gasteiger partial charge on any atom is -0.378 e. The minimum atomic E-state index is -0.160. The molecule has 1 fully saturated rings. The Labute approximate surface area is 168 Å². The van der Waals surface area contributed by atoms with E-state index in [9.17, 15) is 4.79 Å². The number of hydrogen-bond acceptors (Lipinski definition) is 6. The van der Waals surface area contributed by atoms with Crippen molar-refractivity contribution in [2.24, 2.45) is 0 Å². The summed E-state index contributed by atoms with van der Waals surface area (Å²) in [4.78, 5) is 24.2. The molecule has 1 N–H and O–H groups in total. The number of thioether (sulfide) groups is 1. The lowest BCUT2D eigenvalue weighted by molar-refractivity contribution is 0.0945. The number of aryl methyl sites for hydroxylation is 1. The zero-order valence-corrected chi connectivity index (χ0v) is 17.1. The fraction of sp³-hybridized carbons (Fsp3) is 0.421. The number of nitrogens with zero attached hydrogens (tertiary/aromatic N) is 3. The Balaban J connectivity index is 1.79. The van der Waals surface area contributed by atoms with Crippen LogP contribution in [0.1, 0.15) is 28.5 Å². The van der Waals surface area contributed by atoms with Crippen LogP contribution in [-0.4, -0.2) is 47.9 Å². The van der Waals surface area contributed by atoms with E-state index in [1.165, 1.54) is 0 Å². The summed E-state index contributed by atoms with van der Waals surface area (Å²) in [5.74, 6) is 1.34. The molecule has 144 valence electrons. The molecular weight excluding hydrogens is 384 g/mol. The lowest BCUT2D eigenvalue weighted by Crippen LogP contribution is -2.38. The summed E-state index contributed by atoms with van der Waals surface area (Å²) in [5.41, 5.74) is 2.23. The van der Waals surface area contributed by atoms with E-state index in [1.54, 1.807) is 11.8 Å². The van der Waals surface area contributed by atoms with Crippen molar-refractivity contribution < 1.29 is 9.53 Å². The van der Waals surface area contributed by atoms with Crippen LogP contribution >= 0.6 is 23.4 Å². The minimum absolute atomic E-state index is 0.160. The highest BCUT2D eigenvalue weighted by Crippen LogP contribution is 2.25. The van der Waals surface area contributed by atoms with Gasteiger partial charge in [-0.05, 0) is 30.4 Å². The first-order valence-electron chi connectivity index (χ1n) is 8.95. The summed E-state index contributed by atoms with van der Waals surface area (Å²) in [5, 5.41) is 4.36. The number of nitrogens with one attached hydrogen (secondary N) is 1. The van der Waals surface area contributed by atoms with Crippen LogP contribution in [0.25, 0.3) is 0 Å². The number of morpholine rings is 1. The normalized spacial score (nSPS) is 14.3. The molecule has 1 aromatic heterocycles. The van der Waals surface area contributed by atoms with Crippen LogP contribution in [-0.2, 0) is 11.3 Å². The third kappa shape index (κ3) is 5.12. The maximum Gasteiger partial charge on any atom is 0.256 e. The van der Waals surface area contributed by atoms with Gasteiger partial charge >= 0.3 is 0 Å². The SMILES string of the molecule is CCSc1nc(N2CCOCC2)nc(C)c1C(=O)NCc1ccc(Cl)cc1. The number of rotatable bonds is 6. The van der Waals surface area contributed by atoms with Crippen molar-refractivity contribution in [3.05, 3.63) is 46.1 Å². The average molecular weight is 407 g/mol. The molecule has 1 saturated heterocycles. The van der Waals surface area contributed by atoms with Gasteiger partial charge in [0.25, 0.3) is 5.91 Å². The van der Waals surface area contributed by atoms with E-state index in [2.05, 4.69) is 20.2 Å². The van der Waals surface area contributed by atoms with E-state index >= 15 is 0 Å². The number of hydrogen-bond donors (Lipinski definition) is 1. The largest absolute Gasteiger partial charge is 0.378 e. The van der Waals surface area contributed by atoms with Gasteiger partial charge < -0.3 is 15.0 Å². The monoisotopic (exact) mass is 406 g/mol. The predicted molar refractivity (Wildman–Crippen MR) is 109 cm³/mol. The number of benzene rings is 1. The molecule has 0 aliphatic carbocycles. The second-order valence-corrected chi connectivity index (χ2v) is 7.82. The van der Waals surface area contributed by atoms with Crippen molar-refractivity contribution in [1.82, 2.24) is 15.3 Å². The molecule has 0 saturated carbocycles. The third-order valence-electron chi connectivity index (χ3n) is 4.21. The number of carbonyl (C=O) groups excluding carboxylic acids is 1. The molecule has 1 amide bonds. The van der Waals surface area contributed by atoms with Gasteiger partial charge in [0.05, 0.1) is 24.5 Å².